The normalized spacial score (nSPS) is 10.2. The SMILES string of the molecule is COc1cccc(CCNC(=O)c2ccc(O)c(C)c2)c1. The van der Waals surface area contributed by atoms with Crippen molar-refractivity contribution in [2.24, 2.45) is 0 Å². The van der Waals surface area contributed by atoms with Crippen LogP contribution in [0.5, 0.6) is 11.5 Å². The predicted molar refractivity (Wildman–Crippen MR) is 81.9 cm³/mol. The first-order valence-corrected chi connectivity index (χ1v) is 6.81. The molecule has 2 N–H and O–H groups in total. The molecule has 4 nitrogen and oxygen atoms in total. The van der Waals surface area contributed by atoms with Crippen LogP contribution in [0.1, 0.15) is 21.5 Å². The first-order chi connectivity index (χ1) is 10.1. The van der Waals surface area contributed by atoms with Crippen LogP contribution >= 0.6 is 0 Å². The molecule has 0 radical (unpaired) electrons. The number of carbonyl (C=O) groups excluding carboxylic acids is 1. The highest BCUT2D eigenvalue weighted by Gasteiger charge is 2.07. The fourth-order valence-electron chi connectivity index (χ4n) is 2.05. The summed E-state index contributed by atoms with van der Waals surface area (Å²) in [6, 6.07) is 12.6. The molecule has 2 rings (SSSR count). The van der Waals surface area contributed by atoms with E-state index >= 15 is 0 Å². The number of phenols is 1. The molecular weight excluding hydrogens is 266 g/mol. The van der Waals surface area contributed by atoms with E-state index in [9.17, 15) is 9.90 Å². The van der Waals surface area contributed by atoms with Crippen molar-refractivity contribution < 1.29 is 14.6 Å². The van der Waals surface area contributed by atoms with Crippen LogP contribution in [0.3, 0.4) is 0 Å². The van der Waals surface area contributed by atoms with E-state index in [-0.39, 0.29) is 11.7 Å². The van der Waals surface area contributed by atoms with Gasteiger partial charge in [-0.2, -0.15) is 0 Å². The molecule has 0 spiro atoms. The van der Waals surface area contributed by atoms with Crippen LogP contribution in [-0.2, 0) is 6.42 Å². The van der Waals surface area contributed by atoms with Crippen molar-refractivity contribution >= 4 is 5.91 Å². The van der Waals surface area contributed by atoms with E-state index < -0.39 is 0 Å². The number of rotatable bonds is 5. The van der Waals surface area contributed by atoms with Gasteiger partial charge in [0.15, 0.2) is 0 Å². The molecule has 1 amide bonds. The molecule has 0 aliphatic rings. The topological polar surface area (TPSA) is 58.6 Å². The van der Waals surface area contributed by atoms with Gasteiger partial charge in [-0.1, -0.05) is 12.1 Å². The highest BCUT2D eigenvalue weighted by atomic mass is 16.5. The van der Waals surface area contributed by atoms with Crippen molar-refractivity contribution in [2.45, 2.75) is 13.3 Å². The van der Waals surface area contributed by atoms with Crippen molar-refractivity contribution in [1.29, 1.82) is 0 Å². The predicted octanol–water partition coefficient (Wildman–Crippen LogP) is 2.68. The average molecular weight is 285 g/mol. The zero-order valence-electron chi connectivity index (χ0n) is 12.2. The molecule has 2 aromatic rings. The summed E-state index contributed by atoms with van der Waals surface area (Å²) in [6.45, 7) is 2.31. The van der Waals surface area contributed by atoms with Crippen LogP contribution in [0.25, 0.3) is 0 Å². The summed E-state index contributed by atoms with van der Waals surface area (Å²) in [5.41, 5.74) is 2.35. The van der Waals surface area contributed by atoms with E-state index in [1.54, 1.807) is 26.2 Å². The molecule has 0 atom stereocenters. The van der Waals surface area contributed by atoms with Crippen LogP contribution in [0.15, 0.2) is 42.5 Å². The summed E-state index contributed by atoms with van der Waals surface area (Å²) in [6.07, 6.45) is 0.736. The quantitative estimate of drug-likeness (QED) is 0.888. The Morgan fingerprint density at radius 2 is 2.05 bits per heavy atom. The molecule has 0 aliphatic heterocycles. The van der Waals surface area contributed by atoms with Crippen molar-refractivity contribution in [3.05, 3.63) is 59.2 Å². The Bertz CT molecular complexity index is 638. The van der Waals surface area contributed by atoms with E-state index in [4.69, 9.17) is 4.74 Å². The molecule has 0 saturated carbocycles. The summed E-state index contributed by atoms with van der Waals surface area (Å²) >= 11 is 0. The summed E-state index contributed by atoms with van der Waals surface area (Å²) in [5.74, 6) is 0.872. The lowest BCUT2D eigenvalue weighted by molar-refractivity contribution is 0.0954. The van der Waals surface area contributed by atoms with Gasteiger partial charge < -0.3 is 15.2 Å². The Kier molecular flexibility index (Phi) is 4.82. The molecule has 4 heteroatoms. The van der Waals surface area contributed by atoms with Crippen LogP contribution in [0, 0.1) is 6.92 Å². The highest BCUT2D eigenvalue weighted by molar-refractivity contribution is 5.94. The fraction of sp³-hybridized carbons (Fsp3) is 0.235. The van der Waals surface area contributed by atoms with Crippen LogP contribution in [0.2, 0.25) is 0 Å². The van der Waals surface area contributed by atoms with Gasteiger partial charge >= 0.3 is 0 Å². The number of hydrogen-bond acceptors (Lipinski definition) is 3. The standard InChI is InChI=1S/C17H19NO3/c1-12-10-14(6-7-16(12)19)17(20)18-9-8-13-4-3-5-15(11-13)21-2/h3-7,10-11,19H,8-9H2,1-2H3,(H,18,20). The average Bonchev–Trinajstić information content (AvgIpc) is 2.50. The summed E-state index contributed by atoms with van der Waals surface area (Å²) in [7, 11) is 1.63. The van der Waals surface area contributed by atoms with Crippen LogP contribution in [0.4, 0.5) is 0 Å². The lowest BCUT2D eigenvalue weighted by Crippen LogP contribution is -2.25. The number of aromatic hydroxyl groups is 1. The Morgan fingerprint density at radius 3 is 2.76 bits per heavy atom. The third kappa shape index (κ3) is 3.99. The number of carbonyl (C=O) groups is 1. The Hall–Kier alpha value is -2.49. The van der Waals surface area contributed by atoms with Gasteiger partial charge in [0.05, 0.1) is 7.11 Å². The van der Waals surface area contributed by atoms with E-state index in [2.05, 4.69) is 5.32 Å². The van der Waals surface area contributed by atoms with Crippen LogP contribution < -0.4 is 10.1 Å². The minimum atomic E-state index is -0.138. The van der Waals surface area contributed by atoms with Gasteiger partial charge in [0.2, 0.25) is 0 Å². The van der Waals surface area contributed by atoms with Gasteiger partial charge in [-0.25, -0.2) is 0 Å². The number of nitrogens with one attached hydrogen (secondary N) is 1. The third-order valence-electron chi connectivity index (χ3n) is 3.29. The van der Waals surface area contributed by atoms with E-state index in [0.29, 0.717) is 17.7 Å². The van der Waals surface area contributed by atoms with Gasteiger partial charge in [-0.15, -0.1) is 0 Å². The maximum Gasteiger partial charge on any atom is 0.251 e. The van der Waals surface area contributed by atoms with Crippen molar-refractivity contribution in [1.82, 2.24) is 5.32 Å². The van der Waals surface area contributed by atoms with Gasteiger partial charge in [-0.3, -0.25) is 4.79 Å². The number of benzene rings is 2. The molecule has 0 fully saturated rings. The molecule has 0 aliphatic carbocycles. The maximum atomic E-state index is 12.0. The highest BCUT2D eigenvalue weighted by Crippen LogP contribution is 2.17. The Balaban J connectivity index is 1.90. The number of ether oxygens (including phenoxy) is 1. The number of amides is 1. The summed E-state index contributed by atoms with van der Waals surface area (Å²) < 4.78 is 5.16. The second-order valence-corrected chi connectivity index (χ2v) is 4.86. The van der Waals surface area contributed by atoms with Crippen molar-refractivity contribution in [3.8, 4) is 11.5 Å². The largest absolute Gasteiger partial charge is 0.508 e. The maximum absolute atomic E-state index is 12.0. The minimum Gasteiger partial charge on any atom is -0.508 e. The van der Waals surface area contributed by atoms with Crippen molar-refractivity contribution in [3.63, 3.8) is 0 Å². The zero-order chi connectivity index (χ0) is 15.2. The van der Waals surface area contributed by atoms with E-state index in [0.717, 1.165) is 17.7 Å². The summed E-state index contributed by atoms with van der Waals surface area (Å²) in [5, 5.41) is 12.3. The van der Waals surface area contributed by atoms with Crippen molar-refractivity contribution in [2.75, 3.05) is 13.7 Å². The zero-order valence-corrected chi connectivity index (χ0v) is 12.2. The fourth-order valence-corrected chi connectivity index (χ4v) is 2.05. The summed E-state index contributed by atoms with van der Waals surface area (Å²) in [4.78, 5) is 12.0. The lowest BCUT2D eigenvalue weighted by Gasteiger charge is -2.08. The molecule has 0 saturated heterocycles. The first kappa shape index (κ1) is 14.9. The smallest absolute Gasteiger partial charge is 0.251 e. The van der Waals surface area contributed by atoms with Crippen LogP contribution in [-0.4, -0.2) is 24.7 Å². The lowest BCUT2D eigenvalue weighted by atomic mass is 10.1. The van der Waals surface area contributed by atoms with E-state index in [1.165, 1.54) is 6.07 Å². The molecule has 0 unspecified atom stereocenters. The molecule has 0 bridgehead atoms. The number of aryl methyl sites for hydroxylation is 1. The Morgan fingerprint density at radius 1 is 1.24 bits per heavy atom. The third-order valence-corrected chi connectivity index (χ3v) is 3.29. The second kappa shape index (κ2) is 6.79. The number of methoxy groups -OCH3 is 1. The minimum absolute atomic E-state index is 0.138. The van der Waals surface area contributed by atoms with E-state index in [1.807, 2.05) is 24.3 Å². The number of phenolic OH excluding ortho intramolecular Hbond substituents is 1. The van der Waals surface area contributed by atoms with Gasteiger partial charge in [0.1, 0.15) is 11.5 Å². The molecule has 21 heavy (non-hydrogen) atoms. The molecule has 0 heterocycles. The molecular formula is C17H19NO3. The monoisotopic (exact) mass is 285 g/mol. The Labute approximate surface area is 124 Å². The number of hydrogen-bond donors (Lipinski definition) is 2. The molecule has 110 valence electrons. The molecule has 2 aromatic carbocycles. The molecule has 0 aromatic heterocycles. The van der Waals surface area contributed by atoms with Gasteiger partial charge in [-0.05, 0) is 54.8 Å². The van der Waals surface area contributed by atoms with Gasteiger partial charge in [0.25, 0.3) is 5.91 Å². The first-order valence-electron chi connectivity index (χ1n) is 6.81. The van der Waals surface area contributed by atoms with Gasteiger partial charge in [0, 0.05) is 12.1 Å². The second-order valence-electron chi connectivity index (χ2n) is 4.86.